The second-order valence-corrected chi connectivity index (χ2v) is 19.8. The van der Waals surface area contributed by atoms with Crippen LogP contribution in [0.4, 0.5) is 0 Å². The summed E-state index contributed by atoms with van der Waals surface area (Å²) in [4.78, 5) is 0. The normalized spacial score (nSPS) is 12.1. The molecule has 0 atom stereocenters. The van der Waals surface area contributed by atoms with Gasteiger partial charge in [-0.15, -0.1) is 0 Å². The molecule has 0 saturated carbocycles. The molecular formula is C52H108NO4P. The Bertz CT molecular complexity index is 739. The zero-order valence-corrected chi connectivity index (χ0v) is 41.4. The molecule has 0 aromatic rings. The maximum Gasteiger partial charge on any atom is 0.491 e. The molecule has 0 aliphatic heterocycles. The first-order valence-corrected chi connectivity index (χ1v) is 28.4. The van der Waals surface area contributed by atoms with Crippen molar-refractivity contribution in [2.45, 2.75) is 310 Å². The molecule has 0 rings (SSSR count). The number of rotatable bonds is 52. The van der Waals surface area contributed by atoms with Crippen LogP contribution in [0.3, 0.4) is 0 Å². The predicted octanol–water partition coefficient (Wildman–Crippen LogP) is 19.6. The van der Waals surface area contributed by atoms with Crippen molar-refractivity contribution >= 4 is 7.82 Å². The van der Waals surface area contributed by atoms with Crippen molar-refractivity contribution in [3.63, 3.8) is 0 Å². The van der Waals surface area contributed by atoms with Gasteiger partial charge in [-0.3, -0.25) is 9.05 Å². The first kappa shape index (κ1) is 58.1. The van der Waals surface area contributed by atoms with Gasteiger partial charge in [0.05, 0.1) is 13.2 Å². The monoisotopic (exact) mass is 842 g/mol. The molecule has 5 nitrogen and oxygen atoms in total. The van der Waals surface area contributed by atoms with Crippen LogP contribution in [0.5, 0.6) is 0 Å². The highest BCUT2D eigenvalue weighted by molar-refractivity contribution is 7.48. The molecule has 0 heterocycles. The number of hydrogen-bond donors (Lipinski definition) is 0. The molecular weight excluding hydrogens is 734 g/mol. The summed E-state index contributed by atoms with van der Waals surface area (Å²) >= 11 is 0. The summed E-state index contributed by atoms with van der Waals surface area (Å²) in [7, 11) is -3.66. The van der Waals surface area contributed by atoms with Gasteiger partial charge in [0.15, 0.2) is 0 Å². The van der Waals surface area contributed by atoms with Crippen molar-refractivity contribution in [1.82, 2.24) is 5.06 Å². The van der Waals surface area contributed by atoms with Crippen LogP contribution in [0.25, 0.3) is 0 Å². The summed E-state index contributed by atoms with van der Waals surface area (Å²) in [5.41, 5.74) is 0. The van der Waals surface area contributed by atoms with Gasteiger partial charge in [-0.2, -0.15) is 9.69 Å². The Morgan fingerprint density at radius 1 is 0.276 bits per heavy atom. The first-order valence-electron chi connectivity index (χ1n) is 27.0. The molecule has 0 aromatic heterocycles. The minimum Gasteiger partial charge on any atom is -0.286 e. The van der Waals surface area contributed by atoms with Gasteiger partial charge in [0.1, 0.15) is 0 Å². The lowest BCUT2D eigenvalue weighted by Gasteiger charge is -2.26. The number of unbranched alkanes of at least 4 members (excludes halogenated alkanes) is 40. The van der Waals surface area contributed by atoms with Crippen molar-refractivity contribution < 1.29 is 18.2 Å². The summed E-state index contributed by atoms with van der Waals surface area (Å²) in [6.07, 6.45) is 57.7. The fourth-order valence-electron chi connectivity index (χ4n) is 8.21. The summed E-state index contributed by atoms with van der Waals surface area (Å²) in [5, 5.41) is 1.96. The van der Waals surface area contributed by atoms with Gasteiger partial charge in [0.25, 0.3) is 0 Å². The molecule has 0 aliphatic rings. The van der Waals surface area contributed by atoms with E-state index < -0.39 is 7.82 Å². The van der Waals surface area contributed by atoms with E-state index >= 15 is 0 Å². The first-order chi connectivity index (χ1) is 28.6. The van der Waals surface area contributed by atoms with E-state index in [1.807, 2.05) is 5.06 Å². The smallest absolute Gasteiger partial charge is 0.286 e. The van der Waals surface area contributed by atoms with E-state index in [-0.39, 0.29) is 0 Å². The third-order valence-electron chi connectivity index (χ3n) is 12.2. The number of phosphoric acid groups is 1. The molecule has 6 heteroatoms. The Balaban J connectivity index is 4.59. The molecule has 0 radical (unpaired) electrons. The van der Waals surface area contributed by atoms with Crippen LogP contribution in [0, 0.1) is 0 Å². The highest BCUT2D eigenvalue weighted by Gasteiger charge is 2.30. The lowest BCUT2D eigenvalue weighted by molar-refractivity contribution is -0.0945. The molecule has 0 unspecified atom stereocenters. The van der Waals surface area contributed by atoms with E-state index in [0.29, 0.717) is 13.2 Å². The summed E-state index contributed by atoms with van der Waals surface area (Å²) in [6.45, 7) is 11.6. The van der Waals surface area contributed by atoms with Crippen LogP contribution >= 0.6 is 7.82 Å². The van der Waals surface area contributed by atoms with Crippen LogP contribution in [0.1, 0.15) is 310 Å². The van der Waals surface area contributed by atoms with E-state index in [1.54, 1.807) is 0 Å². The Kier molecular flexibility index (Phi) is 49.8. The molecule has 0 aromatic carbocycles. The molecule has 0 saturated heterocycles. The Labute approximate surface area is 366 Å². The average molecular weight is 842 g/mol. The van der Waals surface area contributed by atoms with E-state index in [4.69, 9.17) is 13.7 Å². The molecule has 0 fully saturated rings. The number of hydroxylamine groups is 2. The summed E-state index contributed by atoms with van der Waals surface area (Å²) in [5.74, 6) is 0. The van der Waals surface area contributed by atoms with Crippen LogP contribution in [0.2, 0.25) is 0 Å². The largest absolute Gasteiger partial charge is 0.491 e. The maximum atomic E-state index is 14.2. The number of hydrogen-bond acceptors (Lipinski definition) is 5. The van der Waals surface area contributed by atoms with E-state index in [0.717, 1.165) is 51.6 Å². The van der Waals surface area contributed by atoms with Crippen LogP contribution in [-0.2, 0) is 18.2 Å². The Morgan fingerprint density at radius 3 is 0.690 bits per heavy atom. The number of nitrogens with zero attached hydrogens (tertiary/aromatic N) is 1. The third-order valence-corrected chi connectivity index (χ3v) is 13.7. The quantitative estimate of drug-likeness (QED) is 0.0347. The van der Waals surface area contributed by atoms with Crippen molar-refractivity contribution in [1.29, 1.82) is 0 Å². The average Bonchev–Trinajstić information content (AvgIpc) is 3.22. The lowest BCUT2D eigenvalue weighted by atomic mass is 10.0. The Morgan fingerprint density at radius 2 is 0.466 bits per heavy atom. The molecule has 0 spiro atoms. The van der Waals surface area contributed by atoms with Crippen LogP contribution in [0.15, 0.2) is 0 Å². The standard InChI is InChI=1S/C52H108NO4P/c1-5-9-13-17-21-23-25-27-29-31-33-35-37-39-43-47-51-55-58(54,57-53(49-45-41-19-15-11-7-3)50-46-42-20-16-12-8-4)56-52-48-44-40-38-36-34-32-30-28-26-24-22-18-14-10-6-2/h5-52H2,1-4H3. The van der Waals surface area contributed by atoms with E-state index in [1.165, 1.54) is 244 Å². The van der Waals surface area contributed by atoms with Gasteiger partial charge in [-0.05, 0) is 25.7 Å². The zero-order chi connectivity index (χ0) is 42.1. The molecule has 0 aliphatic carbocycles. The third kappa shape index (κ3) is 45.6. The van der Waals surface area contributed by atoms with Crippen LogP contribution in [-0.4, -0.2) is 31.4 Å². The van der Waals surface area contributed by atoms with Gasteiger partial charge in [-0.25, -0.2) is 4.57 Å². The van der Waals surface area contributed by atoms with Gasteiger partial charge < -0.3 is 0 Å². The second-order valence-electron chi connectivity index (χ2n) is 18.3. The topological polar surface area (TPSA) is 48.0 Å². The predicted molar refractivity (Wildman–Crippen MR) is 258 cm³/mol. The van der Waals surface area contributed by atoms with E-state index in [2.05, 4.69) is 27.7 Å². The molecule has 0 bridgehead atoms. The zero-order valence-electron chi connectivity index (χ0n) is 40.5. The Hall–Kier alpha value is 0.0700. The summed E-state index contributed by atoms with van der Waals surface area (Å²) < 4.78 is 32.7. The minimum absolute atomic E-state index is 0.455. The SMILES string of the molecule is CCCCCCCCCCCCCCCCCCOP(=O)(OCCCCCCCCCCCCCCCCCC)ON(CCCCCCCC)CCCCCCCC. The van der Waals surface area contributed by atoms with Gasteiger partial charge in [0.2, 0.25) is 0 Å². The fraction of sp³-hybridized carbons (Fsp3) is 1.00. The second kappa shape index (κ2) is 49.7. The van der Waals surface area contributed by atoms with Gasteiger partial charge in [-0.1, -0.05) is 285 Å². The fourth-order valence-corrected chi connectivity index (χ4v) is 9.53. The van der Waals surface area contributed by atoms with E-state index in [9.17, 15) is 4.57 Å². The number of phosphoric ester groups is 1. The van der Waals surface area contributed by atoms with Crippen molar-refractivity contribution in [3.05, 3.63) is 0 Å². The van der Waals surface area contributed by atoms with Crippen molar-refractivity contribution in [2.24, 2.45) is 0 Å². The summed E-state index contributed by atoms with van der Waals surface area (Å²) in [6, 6.07) is 0. The van der Waals surface area contributed by atoms with Gasteiger partial charge in [0, 0.05) is 13.1 Å². The lowest BCUT2D eigenvalue weighted by Crippen LogP contribution is -2.26. The highest BCUT2D eigenvalue weighted by Crippen LogP contribution is 2.51. The van der Waals surface area contributed by atoms with Gasteiger partial charge >= 0.3 is 7.82 Å². The maximum absolute atomic E-state index is 14.2. The highest BCUT2D eigenvalue weighted by atomic mass is 31.2. The molecule has 0 amide bonds. The molecule has 0 N–H and O–H groups in total. The van der Waals surface area contributed by atoms with Crippen LogP contribution < -0.4 is 0 Å². The molecule has 350 valence electrons. The minimum atomic E-state index is -3.66. The molecule has 58 heavy (non-hydrogen) atoms. The van der Waals surface area contributed by atoms with Crippen molar-refractivity contribution in [2.75, 3.05) is 26.3 Å². The van der Waals surface area contributed by atoms with Crippen molar-refractivity contribution in [3.8, 4) is 0 Å².